The van der Waals surface area contributed by atoms with Crippen LogP contribution in [0.3, 0.4) is 0 Å². The molecule has 1 aliphatic heterocycles. The Morgan fingerprint density at radius 1 is 0.778 bits per heavy atom. The van der Waals surface area contributed by atoms with Crippen molar-refractivity contribution in [2.24, 2.45) is 5.92 Å². The minimum absolute atomic E-state index is 0.262. The Kier molecular flexibility index (Phi) is 11.9. The lowest BCUT2D eigenvalue weighted by Gasteiger charge is -2.41. The summed E-state index contributed by atoms with van der Waals surface area (Å²) in [6.07, 6.45) is 4.64. The molecule has 10 heteroatoms. The first-order chi connectivity index (χ1) is 13.3. The standard InChI is InChI=1S/C17H38O7Si3/c1-18-6-9-21-25-13-17(26-22-10-7-19-2,27-23-11-8-20-3)14-4-5-15-16(12-14)24-15/h14-16H,4-13,25-27H2,1-3H3. The second-order valence-electron chi connectivity index (χ2n) is 7.53. The van der Waals surface area contributed by atoms with E-state index >= 15 is 0 Å². The molecule has 0 aromatic rings. The maximum atomic E-state index is 6.22. The summed E-state index contributed by atoms with van der Waals surface area (Å²) in [7, 11) is 3.07. The minimum Gasteiger partial charge on any atom is -0.422 e. The third kappa shape index (κ3) is 8.33. The van der Waals surface area contributed by atoms with Gasteiger partial charge in [-0.25, -0.2) is 0 Å². The molecule has 160 valence electrons. The highest BCUT2D eigenvalue weighted by Crippen LogP contribution is 2.51. The van der Waals surface area contributed by atoms with Crippen molar-refractivity contribution < 1.29 is 32.2 Å². The molecule has 0 aromatic heterocycles. The van der Waals surface area contributed by atoms with Crippen molar-refractivity contribution in [3.8, 4) is 0 Å². The predicted octanol–water partition coefficient (Wildman–Crippen LogP) is -0.671. The molecular formula is C17H38O7Si3. The molecule has 0 N–H and O–H groups in total. The Balaban J connectivity index is 1.96. The smallest absolute Gasteiger partial charge is 0.166 e. The van der Waals surface area contributed by atoms with E-state index in [1.165, 1.54) is 19.3 Å². The topological polar surface area (TPSA) is 67.9 Å². The fraction of sp³-hybridized carbons (Fsp3) is 1.00. The highest BCUT2D eigenvalue weighted by molar-refractivity contribution is 6.58. The van der Waals surface area contributed by atoms with Crippen LogP contribution in [0.1, 0.15) is 19.3 Å². The van der Waals surface area contributed by atoms with Crippen LogP contribution in [0.5, 0.6) is 0 Å². The van der Waals surface area contributed by atoms with Crippen molar-refractivity contribution in [3.63, 3.8) is 0 Å². The second-order valence-corrected chi connectivity index (χ2v) is 14.1. The fourth-order valence-electron chi connectivity index (χ4n) is 3.94. The van der Waals surface area contributed by atoms with E-state index in [1.807, 2.05) is 0 Å². The molecule has 0 radical (unpaired) electrons. The second kappa shape index (κ2) is 13.6. The monoisotopic (exact) mass is 438 g/mol. The highest BCUT2D eigenvalue weighted by atomic mass is 28.3. The van der Waals surface area contributed by atoms with Gasteiger partial charge in [-0.1, -0.05) is 0 Å². The van der Waals surface area contributed by atoms with Gasteiger partial charge in [0.2, 0.25) is 0 Å². The zero-order valence-electron chi connectivity index (χ0n) is 17.3. The van der Waals surface area contributed by atoms with Gasteiger partial charge in [0.1, 0.15) is 0 Å². The van der Waals surface area contributed by atoms with Gasteiger partial charge in [0.05, 0.1) is 51.8 Å². The molecule has 1 aliphatic carbocycles. The van der Waals surface area contributed by atoms with Crippen LogP contribution in [0.4, 0.5) is 0 Å². The van der Waals surface area contributed by atoms with Crippen LogP contribution < -0.4 is 0 Å². The molecule has 0 spiro atoms. The number of fused-ring (bicyclic) bond motifs is 1. The van der Waals surface area contributed by atoms with E-state index in [1.54, 1.807) is 21.3 Å². The van der Waals surface area contributed by atoms with Crippen molar-refractivity contribution in [1.82, 2.24) is 0 Å². The quantitative estimate of drug-likeness (QED) is 0.169. The van der Waals surface area contributed by atoms with Gasteiger partial charge in [0.25, 0.3) is 0 Å². The predicted molar refractivity (Wildman–Crippen MR) is 113 cm³/mol. The molecule has 27 heavy (non-hydrogen) atoms. The van der Waals surface area contributed by atoms with Crippen LogP contribution in [0.15, 0.2) is 0 Å². The number of hydrogen-bond acceptors (Lipinski definition) is 7. The summed E-state index contributed by atoms with van der Waals surface area (Å²) in [5.74, 6) is 0.670. The summed E-state index contributed by atoms with van der Waals surface area (Å²) in [5, 5.41) is 0. The van der Waals surface area contributed by atoms with E-state index in [9.17, 15) is 0 Å². The molecule has 2 rings (SSSR count). The third-order valence-electron chi connectivity index (χ3n) is 5.69. The van der Waals surface area contributed by atoms with Crippen LogP contribution in [-0.4, -0.2) is 102 Å². The average molecular weight is 439 g/mol. The van der Waals surface area contributed by atoms with Gasteiger partial charge in [-0.2, -0.15) is 0 Å². The van der Waals surface area contributed by atoms with E-state index < -0.39 is 29.3 Å². The molecule has 1 saturated carbocycles. The van der Waals surface area contributed by atoms with Crippen LogP contribution in [0, 0.1) is 5.92 Å². The number of rotatable bonds is 17. The molecule has 0 amide bonds. The summed E-state index contributed by atoms with van der Waals surface area (Å²) >= 11 is 0. The molecule has 2 fully saturated rings. The number of hydrogen-bond donors (Lipinski definition) is 0. The maximum Gasteiger partial charge on any atom is 0.166 e. The van der Waals surface area contributed by atoms with Crippen molar-refractivity contribution in [2.45, 2.75) is 42.2 Å². The van der Waals surface area contributed by atoms with E-state index in [2.05, 4.69) is 0 Å². The molecular weight excluding hydrogens is 400 g/mol. The van der Waals surface area contributed by atoms with Gasteiger partial charge < -0.3 is 32.2 Å². The first-order valence-electron chi connectivity index (χ1n) is 10.1. The Labute approximate surface area is 170 Å². The SMILES string of the molecule is COCCO[SiH2]CC([SiH2]OCCOC)([SiH2]OCCOC)C1CCC2OC2C1. The summed E-state index contributed by atoms with van der Waals surface area (Å²) in [6, 6.07) is 1.16. The van der Waals surface area contributed by atoms with Crippen molar-refractivity contribution in [1.29, 1.82) is 0 Å². The van der Waals surface area contributed by atoms with Gasteiger partial charge in [0, 0.05) is 26.0 Å². The first-order valence-corrected chi connectivity index (χ1v) is 14.3. The Hall–Kier alpha value is 0.371. The molecule has 3 atom stereocenters. The molecule has 0 bridgehead atoms. The molecule has 1 heterocycles. The van der Waals surface area contributed by atoms with Crippen LogP contribution in [0.2, 0.25) is 10.7 Å². The zero-order chi connectivity index (χ0) is 19.4. The maximum absolute atomic E-state index is 6.22. The average Bonchev–Trinajstić information content (AvgIpc) is 3.46. The molecule has 7 nitrogen and oxygen atoms in total. The molecule has 2 aliphatic rings. The summed E-state index contributed by atoms with van der Waals surface area (Å²) in [6.45, 7) is 4.08. The van der Waals surface area contributed by atoms with Crippen molar-refractivity contribution >= 4 is 29.3 Å². The molecule has 3 unspecified atom stereocenters. The third-order valence-corrected chi connectivity index (χ3v) is 14.1. The van der Waals surface area contributed by atoms with Crippen molar-refractivity contribution in [2.75, 3.05) is 61.0 Å². The van der Waals surface area contributed by atoms with Crippen molar-refractivity contribution in [3.05, 3.63) is 0 Å². The highest BCUT2D eigenvalue weighted by Gasteiger charge is 2.50. The van der Waals surface area contributed by atoms with Gasteiger partial charge >= 0.3 is 0 Å². The minimum atomic E-state index is -0.741. The molecule has 1 saturated heterocycles. The van der Waals surface area contributed by atoms with Gasteiger partial charge in [-0.05, 0) is 31.2 Å². The fourth-order valence-corrected chi connectivity index (χ4v) is 11.0. The van der Waals surface area contributed by atoms with E-state index in [-0.39, 0.29) is 4.66 Å². The van der Waals surface area contributed by atoms with Gasteiger partial charge in [-0.15, -0.1) is 0 Å². The molecule has 0 aromatic carbocycles. The van der Waals surface area contributed by atoms with Crippen LogP contribution >= 0.6 is 0 Å². The summed E-state index contributed by atoms with van der Waals surface area (Å²) in [4.78, 5) is 0. The first kappa shape index (κ1) is 23.6. The Bertz CT molecular complexity index is 380. The van der Waals surface area contributed by atoms with E-state index in [0.29, 0.717) is 57.8 Å². The summed E-state index contributed by atoms with van der Waals surface area (Å²) in [5.41, 5.74) is 0. The van der Waals surface area contributed by atoms with Gasteiger partial charge in [-0.3, -0.25) is 0 Å². The lowest BCUT2D eigenvalue weighted by atomic mass is 9.86. The van der Waals surface area contributed by atoms with E-state index in [4.69, 9.17) is 32.2 Å². The van der Waals surface area contributed by atoms with Crippen LogP contribution in [-0.2, 0) is 32.2 Å². The van der Waals surface area contributed by atoms with Crippen LogP contribution in [0.25, 0.3) is 0 Å². The lowest BCUT2D eigenvalue weighted by molar-refractivity contribution is 0.137. The Morgan fingerprint density at radius 2 is 1.37 bits per heavy atom. The van der Waals surface area contributed by atoms with Gasteiger partial charge in [0.15, 0.2) is 29.3 Å². The largest absolute Gasteiger partial charge is 0.422 e. The van der Waals surface area contributed by atoms with E-state index in [0.717, 1.165) is 6.04 Å². The summed E-state index contributed by atoms with van der Waals surface area (Å²) < 4.78 is 40.0. The zero-order valence-corrected chi connectivity index (χ0v) is 21.5. The normalized spacial score (nSPS) is 27.9. The Morgan fingerprint density at radius 3 is 1.93 bits per heavy atom. The number of epoxide rings is 1. The number of methoxy groups -OCH3 is 3. The number of ether oxygens (including phenoxy) is 4. The lowest BCUT2D eigenvalue weighted by Crippen LogP contribution is -2.41.